The third kappa shape index (κ3) is 10.0. The number of thiophene rings is 1. The average Bonchev–Trinajstić information content (AvgIpc) is 3.50. The van der Waals surface area contributed by atoms with Gasteiger partial charge in [-0.15, -0.1) is 11.3 Å². The molecule has 0 aromatic carbocycles. The van der Waals surface area contributed by atoms with E-state index in [9.17, 15) is 14.4 Å². The van der Waals surface area contributed by atoms with Crippen molar-refractivity contribution >= 4 is 29.2 Å². The second-order valence-corrected chi connectivity index (χ2v) is 9.76. The molecule has 1 aliphatic heterocycles. The van der Waals surface area contributed by atoms with Crippen molar-refractivity contribution in [1.29, 1.82) is 0 Å². The number of likely N-dealkylation sites (tertiary alicyclic amines) is 1. The number of methoxy groups -OCH3 is 1. The van der Waals surface area contributed by atoms with Gasteiger partial charge in [0.15, 0.2) is 5.60 Å². The monoisotopic (exact) mass is 538 g/mol. The summed E-state index contributed by atoms with van der Waals surface area (Å²) in [5.74, 6) is -5.02. The average molecular weight is 539 g/mol. The van der Waals surface area contributed by atoms with Crippen molar-refractivity contribution in [3.63, 3.8) is 0 Å². The second-order valence-electron chi connectivity index (χ2n) is 8.73. The molecule has 0 amide bonds. The Balaban J connectivity index is 0.000000317. The van der Waals surface area contributed by atoms with Crippen molar-refractivity contribution in [1.82, 2.24) is 19.8 Å². The van der Waals surface area contributed by atoms with E-state index in [4.69, 9.17) is 25.2 Å². The second kappa shape index (κ2) is 14.6. The number of hydrogen-bond donors (Lipinski definition) is 4. The summed E-state index contributed by atoms with van der Waals surface area (Å²) in [7, 11) is 1.59. The molecule has 12 nitrogen and oxygen atoms in total. The van der Waals surface area contributed by atoms with Crippen molar-refractivity contribution < 1.29 is 39.5 Å². The largest absolute Gasteiger partial charge is 0.481 e. The van der Waals surface area contributed by atoms with Gasteiger partial charge >= 0.3 is 23.9 Å². The summed E-state index contributed by atoms with van der Waals surface area (Å²) in [6.07, 6.45) is 4.08. The van der Waals surface area contributed by atoms with Gasteiger partial charge in [0, 0.05) is 48.5 Å². The van der Waals surface area contributed by atoms with E-state index in [2.05, 4.69) is 44.2 Å². The highest BCUT2D eigenvalue weighted by molar-refractivity contribution is 7.09. The first-order valence-corrected chi connectivity index (χ1v) is 12.7. The molecule has 1 fully saturated rings. The smallest absolute Gasteiger partial charge is 0.336 e. The van der Waals surface area contributed by atoms with Gasteiger partial charge in [0.05, 0.1) is 20.0 Å². The molecule has 2 aromatic heterocycles. The van der Waals surface area contributed by atoms with E-state index in [1.165, 1.54) is 24.3 Å². The fraction of sp³-hybridized carbons (Fsp3) is 0.542. The van der Waals surface area contributed by atoms with Crippen molar-refractivity contribution in [2.75, 3.05) is 26.7 Å². The van der Waals surface area contributed by atoms with Crippen LogP contribution < -0.4 is 4.74 Å². The normalized spacial score (nSPS) is 15.7. The Kier molecular flexibility index (Phi) is 11.9. The van der Waals surface area contributed by atoms with E-state index in [1.807, 2.05) is 23.7 Å². The molecule has 204 valence electrons. The lowest BCUT2D eigenvalue weighted by atomic mass is 9.96. The Hall–Kier alpha value is -3.13. The minimum Gasteiger partial charge on any atom is -0.481 e. The number of hydrogen-bond acceptors (Lipinski definition) is 10. The van der Waals surface area contributed by atoms with Crippen LogP contribution in [0.25, 0.3) is 0 Å². The fourth-order valence-corrected chi connectivity index (χ4v) is 4.87. The lowest BCUT2D eigenvalue weighted by Crippen LogP contribution is -2.42. The van der Waals surface area contributed by atoms with Gasteiger partial charge in [0.1, 0.15) is 0 Å². The Morgan fingerprint density at radius 1 is 1.16 bits per heavy atom. The van der Waals surface area contributed by atoms with Crippen LogP contribution in [-0.4, -0.2) is 96.5 Å². The maximum atomic E-state index is 10.3. The molecule has 0 bridgehead atoms. The number of rotatable bonds is 13. The number of carboxylic acid groups (broad SMARTS) is 3. The van der Waals surface area contributed by atoms with Gasteiger partial charge in [-0.1, -0.05) is 13.0 Å². The number of aliphatic hydroxyl groups is 1. The van der Waals surface area contributed by atoms with Crippen molar-refractivity contribution in [2.24, 2.45) is 0 Å². The first-order chi connectivity index (χ1) is 17.6. The molecule has 1 aliphatic rings. The zero-order valence-electron chi connectivity index (χ0n) is 20.9. The minimum atomic E-state index is -2.74. The Morgan fingerprint density at radius 3 is 2.30 bits per heavy atom. The lowest BCUT2D eigenvalue weighted by molar-refractivity contribution is -0.170. The number of ether oxygens (including phenoxy) is 1. The zero-order chi connectivity index (χ0) is 27.4. The molecule has 1 unspecified atom stereocenters. The van der Waals surface area contributed by atoms with Crippen molar-refractivity contribution in [3.05, 3.63) is 40.3 Å². The molecule has 1 saturated heterocycles. The third-order valence-corrected chi connectivity index (χ3v) is 6.75. The van der Waals surface area contributed by atoms with Gasteiger partial charge in [-0.3, -0.25) is 19.4 Å². The lowest BCUT2D eigenvalue weighted by Gasteiger charge is -2.30. The van der Waals surface area contributed by atoms with Crippen LogP contribution in [0.15, 0.2) is 29.9 Å². The Labute approximate surface area is 219 Å². The van der Waals surface area contributed by atoms with E-state index < -0.39 is 36.4 Å². The highest BCUT2D eigenvalue weighted by Gasteiger charge is 2.40. The molecule has 0 radical (unpaired) electrons. The molecule has 2 aromatic rings. The predicted octanol–water partition coefficient (Wildman–Crippen LogP) is 1.78. The van der Waals surface area contributed by atoms with Crippen LogP contribution in [0, 0.1) is 0 Å². The first kappa shape index (κ1) is 30.1. The van der Waals surface area contributed by atoms with Crippen LogP contribution in [0.1, 0.15) is 43.0 Å². The third-order valence-electron chi connectivity index (χ3n) is 5.89. The number of carbonyl (C=O) groups is 3. The summed E-state index contributed by atoms with van der Waals surface area (Å²) in [5.41, 5.74) is -1.61. The van der Waals surface area contributed by atoms with Crippen molar-refractivity contribution in [2.45, 2.75) is 57.3 Å². The summed E-state index contributed by atoms with van der Waals surface area (Å²) >= 11 is 1.83. The molecular weight excluding hydrogens is 504 g/mol. The van der Waals surface area contributed by atoms with E-state index >= 15 is 0 Å². The van der Waals surface area contributed by atoms with Crippen molar-refractivity contribution in [3.8, 4) is 6.01 Å². The van der Waals surface area contributed by atoms with Gasteiger partial charge in [-0.05, 0) is 37.4 Å². The fourth-order valence-electron chi connectivity index (χ4n) is 4.13. The van der Waals surface area contributed by atoms with Gasteiger partial charge in [0.2, 0.25) is 0 Å². The van der Waals surface area contributed by atoms with E-state index in [0.29, 0.717) is 12.1 Å². The topological polar surface area (TPSA) is 174 Å². The molecule has 1 atom stereocenters. The number of likely N-dealkylation sites (N-methyl/N-ethyl adjacent to an activating group) is 1. The van der Waals surface area contributed by atoms with E-state index in [-0.39, 0.29) is 0 Å². The van der Waals surface area contributed by atoms with Gasteiger partial charge in [-0.2, -0.15) is 0 Å². The van der Waals surface area contributed by atoms with Crippen LogP contribution in [0.2, 0.25) is 0 Å². The first-order valence-electron chi connectivity index (χ1n) is 11.8. The van der Waals surface area contributed by atoms with E-state index in [1.54, 1.807) is 7.11 Å². The van der Waals surface area contributed by atoms with Crippen LogP contribution in [0.4, 0.5) is 0 Å². The SMILES string of the molecule is CCN1CCCC1CN(Cc1cnc(OC)nc1)Cc1cccs1.O=C(O)CC(O)(CC(=O)O)C(=O)O. The van der Waals surface area contributed by atoms with E-state index in [0.717, 1.165) is 31.7 Å². The van der Waals surface area contributed by atoms with Crippen LogP contribution in [0.5, 0.6) is 6.01 Å². The maximum absolute atomic E-state index is 10.3. The molecule has 0 aliphatic carbocycles. The van der Waals surface area contributed by atoms with Gasteiger partial charge < -0.3 is 25.2 Å². The molecule has 4 N–H and O–H groups in total. The van der Waals surface area contributed by atoms with Crippen LogP contribution >= 0.6 is 11.3 Å². The predicted molar refractivity (Wildman–Crippen MR) is 134 cm³/mol. The summed E-state index contributed by atoms with van der Waals surface area (Å²) < 4.78 is 5.05. The van der Waals surface area contributed by atoms with Crippen LogP contribution in [0.3, 0.4) is 0 Å². The molecule has 0 spiro atoms. The molecule has 3 rings (SSSR count). The summed E-state index contributed by atoms with van der Waals surface area (Å²) in [4.78, 5) is 45.5. The zero-order valence-corrected chi connectivity index (χ0v) is 21.8. The Bertz CT molecular complexity index is 987. The maximum Gasteiger partial charge on any atom is 0.336 e. The molecular formula is C24H34N4O8S. The molecule has 0 saturated carbocycles. The van der Waals surface area contributed by atoms with Crippen LogP contribution in [-0.2, 0) is 27.5 Å². The Morgan fingerprint density at radius 2 is 1.81 bits per heavy atom. The summed E-state index contributed by atoms with van der Waals surface area (Å²) in [6.45, 7) is 7.59. The molecule has 13 heteroatoms. The highest BCUT2D eigenvalue weighted by Crippen LogP contribution is 2.21. The summed E-state index contributed by atoms with van der Waals surface area (Å²) in [5, 5.41) is 36.0. The number of aromatic nitrogens is 2. The van der Waals surface area contributed by atoms with Gasteiger partial charge in [-0.25, -0.2) is 14.8 Å². The number of aliphatic carboxylic acids is 3. The summed E-state index contributed by atoms with van der Waals surface area (Å²) in [6, 6.07) is 5.43. The molecule has 3 heterocycles. The number of carboxylic acids is 3. The minimum absolute atomic E-state index is 0.427. The standard InChI is InChI=1S/C18H26N4OS.C6H8O7/c1-3-22-8-4-6-16(22)13-21(14-17-7-5-9-24-17)12-15-10-19-18(23-2)20-11-15;7-3(8)1-6(13,5(11)12)2-4(9)10/h5,7,9-11,16H,3-4,6,8,12-14H2,1-2H3;13H,1-2H2,(H,7,8)(H,9,10)(H,11,12). The number of nitrogens with zero attached hydrogens (tertiary/aromatic N) is 4. The highest BCUT2D eigenvalue weighted by atomic mass is 32.1. The quantitative estimate of drug-likeness (QED) is 0.291. The van der Waals surface area contributed by atoms with Gasteiger partial charge in [0.25, 0.3) is 0 Å². The molecule has 37 heavy (non-hydrogen) atoms.